The van der Waals surface area contributed by atoms with Crippen LogP contribution in [-0.4, -0.2) is 11.2 Å². The molecule has 0 fully saturated rings. The highest BCUT2D eigenvalue weighted by Crippen LogP contribution is 2.42. The van der Waals surface area contributed by atoms with Gasteiger partial charge in [0, 0.05) is 34.5 Å². The van der Waals surface area contributed by atoms with Gasteiger partial charge in [0.1, 0.15) is 0 Å². The quantitative estimate of drug-likeness (QED) is 0.899. The molecule has 6 heteroatoms. The van der Waals surface area contributed by atoms with E-state index in [2.05, 4.69) is 4.98 Å². The Kier molecular flexibility index (Phi) is 3.96. The summed E-state index contributed by atoms with van der Waals surface area (Å²) in [6.45, 7) is 0.245. The van der Waals surface area contributed by atoms with Crippen molar-refractivity contribution in [3.63, 3.8) is 0 Å². The van der Waals surface area contributed by atoms with Crippen LogP contribution in [-0.2, 0) is 6.54 Å². The average Bonchev–Trinajstić information content (AvgIpc) is 2.37. The van der Waals surface area contributed by atoms with Crippen molar-refractivity contribution in [3.05, 3.63) is 46.3 Å². The van der Waals surface area contributed by atoms with E-state index in [1.807, 2.05) is 0 Å². The molecule has 2 N–H and O–H groups in total. The fourth-order valence-corrected chi connectivity index (χ4v) is 2.34. The molecule has 0 aromatic carbocycles. The average molecular weight is 289 g/mol. The van der Waals surface area contributed by atoms with E-state index in [0.29, 0.717) is 17.7 Å². The zero-order valence-electron chi connectivity index (χ0n) is 9.97. The Hall–Kier alpha value is -1.33. The second-order valence-electron chi connectivity index (χ2n) is 4.18. The molecule has 0 unspecified atom stereocenters. The Bertz CT molecular complexity index is 530. The number of alkyl halides is 3. The minimum absolute atomic E-state index is 0.0245. The van der Waals surface area contributed by atoms with E-state index >= 15 is 0 Å². The molecule has 0 spiro atoms. The number of pyridine rings is 1. The van der Waals surface area contributed by atoms with Gasteiger partial charge in [0.15, 0.2) is 0 Å². The summed E-state index contributed by atoms with van der Waals surface area (Å²) in [6, 6.07) is 3.17. The van der Waals surface area contributed by atoms with E-state index in [1.165, 1.54) is 6.20 Å². The van der Waals surface area contributed by atoms with Crippen LogP contribution in [0, 0.1) is 0 Å². The van der Waals surface area contributed by atoms with Gasteiger partial charge in [-0.05, 0) is 18.9 Å². The topological polar surface area (TPSA) is 38.9 Å². The Morgan fingerprint density at radius 1 is 1.32 bits per heavy atom. The summed E-state index contributed by atoms with van der Waals surface area (Å²) >= 11 is 5.94. The van der Waals surface area contributed by atoms with Crippen molar-refractivity contribution < 1.29 is 13.2 Å². The third-order valence-corrected chi connectivity index (χ3v) is 3.27. The normalized spacial score (nSPS) is 16.6. The minimum Gasteiger partial charge on any atom is -0.325 e. The van der Waals surface area contributed by atoms with Crippen molar-refractivity contribution >= 4 is 17.2 Å². The van der Waals surface area contributed by atoms with Gasteiger partial charge in [-0.2, -0.15) is 13.2 Å². The van der Waals surface area contributed by atoms with Gasteiger partial charge in [0.25, 0.3) is 0 Å². The van der Waals surface area contributed by atoms with Crippen molar-refractivity contribution in [1.82, 2.24) is 4.98 Å². The monoisotopic (exact) mass is 288 g/mol. The van der Waals surface area contributed by atoms with Crippen LogP contribution in [0.25, 0.3) is 5.57 Å². The van der Waals surface area contributed by atoms with Crippen LogP contribution < -0.4 is 5.73 Å². The lowest BCUT2D eigenvalue weighted by Crippen LogP contribution is -2.16. The predicted octanol–water partition coefficient (Wildman–Crippen LogP) is 3.77. The molecule has 2 nitrogen and oxygen atoms in total. The molecule has 1 aliphatic rings. The maximum absolute atomic E-state index is 13.0. The van der Waals surface area contributed by atoms with Crippen molar-refractivity contribution in [3.8, 4) is 0 Å². The van der Waals surface area contributed by atoms with Crippen LogP contribution in [0.15, 0.2) is 35.0 Å². The molecule has 102 valence electrons. The minimum atomic E-state index is -4.38. The van der Waals surface area contributed by atoms with Gasteiger partial charge < -0.3 is 5.73 Å². The molecular formula is C13H12ClF3N2. The summed E-state index contributed by atoms with van der Waals surface area (Å²) in [6.07, 6.45) is -1.16. The van der Waals surface area contributed by atoms with Crippen LogP contribution in [0.2, 0.25) is 0 Å². The maximum Gasteiger partial charge on any atom is 0.413 e. The zero-order valence-corrected chi connectivity index (χ0v) is 10.7. The summed E-state index contributed by atoms with van der Waals surface area (Å²) in [5.41, 5.74) is 5.83. The lowest BCUT2D eigenvalue weighted by Gasteiger charge is -2.21. The number of nitrogens with two attached hydrogens (primary N) is 1. The van der Waals surface area contributed by atoms with Crippen molar-refractivity contribution in [2.45, 2.75) is 25.6 Å². The molecule has 0 amide bonds. The number of aromatic nitrogens is 1. The third kappa shape index (κ3) is 2.98. The number of hydrogen-bond donors (Lipinski definition) is 1. The number of halogens is 4. The molecule has 0 saturated carbocycles. The Morgan fingerprint density at radius 3 is 2.58 bits per heavy atom. The summed E-state index contributed by atoms with van der Waals surface area (Å²) in [5, 5.41) is 0.126. The fourth-order valence-electron chi connectivity index (χ4n) is 2.00. The summed E-state index contributed by atoms with van der Waals surface area (Å²) in [7, 11) is 0. The maximum atomic E-state index is 13.0. The van der Waals surface area contributed by atoms with Gasteiger partial charge in [0.05, 0.1) is 5.69 Å². The second kappa shape index (κ2) is 5.35. The van der Waals surface area contributed by atoms with Crippen LogP contribution in [0.4, 0.5) is 13.2 Å². The molecule has 19 heavy (non-hydrogen) atoms. The first kappa shape index (κ1) is 14.1. The number of hydrogen-bond acceptors (Lipinski definition) is 2. The number of allylic oxidation sites excluding steroid dienone is 4. The molecule has 1 aromatic rings. The van der Waals surface area contributed by atoms with Gasteiger partial charge in [-0.3, -0.25) is 4.98 Å². The highest BCUT2D eigenvalue weighted by molar-refractivity contribution is 6.37. The third-order valence-electron chi connectivity index (χ3n) is 2.92. The summed E-state index contributed by atoms with van der Waals surface area (Å²) in [5.74, 6) is 0. The van der Waals surface area contributed by atoms with Gasteiger partial charge in [0.2, 0.25) is 0 Å². The Morgan fingerprint density at radius 2 is 2.05 bits per heavy atom. The zero-order chi connectivity index (χ0) is 14.0. The van der Waals surface area contributed by atoms with Crippen molar-refractivity contribution in [1.29, 1.82) is 0 Å². The van der Waals surface area contributed by atoms with Gasteiger partial charge >= 0.3 is 6.18 Å². The first-order chi connectivity index (χ1) is 8.93. The van der Waals surface area contributed by atoms with E-state index in [0.717, 1.165) is 0 Å². The summed E-state index contributed by atoms with van der Waals surface area (Å²) in [4.78, 5) is 4.01. The first-order valence-corrected chi connectivity index (χ1v) is 6.13. The molecule has 0 radical (unpaired) electrons. The molecule has 1 aromatic heterocycles. The van der Waals surface area contributed by atoms with Crippen LogP contribution >= 0.6 is 11.6 Å². The Labute approximate surface area is 113 Å². The van der Waals surface area contributed by atoms with E-state index in [4.69, 9.17) is 17.3 Å². The largest absolute Gasteiger partial charge is 0.413 e. The number of nitrogens with zero attached hydrogens (tertiary/aromatic N) is 1. The van der Waals surface area contributed by atoms with Gasteiger partial charge in [-0.15, -0.1) is 0 Å². The van der Waals surface area contributed by atoms with Gasteiger partial charge in [-0.1, -0.05) is 23.7 Å². The predicted molar refractivity (Wildman–Crippen MR) is 68.3 cm³/mol. The van der Waals surface area contributed by atoms with E-state index in [-0.39, 0.29) is 23.6 Å². The molecular weight excluding hydrogens is 277 g/mol. The molecule has 0 aliphatic heterocycles. The number of rotatable bonds is 2. The van der Waals surface area contributed by atoms with E-state index in [1.54, 1.807) is 18.2 Å². The fraction of sp³-hybridized carbons (Fsp3) is 0.308. The van der Waals surface area contributed by atoms with Gasteiger partial charge in [-0.25, -0.2) is 0 Å². The first-order valence-electron chi connectivity index (χ1n) is 5.75. The highest BCUT2D eigenvalue weighted by Gasteiger charge is 2.37. The van der Waals surface area contributed by atoms with Crippen molar-refractivity contribution in [2.24, 2.45) is 5.73 Å². The van der Waals surface area contributed by atoms with Crippen LogP contribution in [0.3, 0.4) is 0 Å². The molecule has 0 atom stereocenters. The van der Waals surface area contributed by atoms with Crippen LogP contribution in [0.5, 0.6) is 0 Å². The second-order valence-corrected chi connectivity index (χ2v) is 4.59. The lowest BCUT2D eigenvalue weighted by atomic mass is 9.92. The standard InChI is InChI=1S/C13H12ClF3N2/c14-11-3-1-2-10(13(15,16)17)12(11)8-4-5-9(6-18)19-7-8/h3-5,7H,1-2,6,18H2. The highest BCUT2D eigenvalue weighted by atomic mass is 35.5. The molecule has 1 heterocycles. The molecule has 0 saturated heterocycles. The van der Waals surface area contributed by atoms with E-state index < -0.39 is 11.7 Å². The molecule has 2 rings (SSSR count). The SMILES string of the molecule is NCc1ccc(C2=C(C(F)(F)F)CCC=C2Cl)cn1. The smallest absolute Gasteiger partial charge is 0.325 e. The molecule has 1 aliphatic carbocycles. The van der Waals surface area contributed by atoms with Crippen LogP contribution in [0.1, 0.15) is 24.1 Å². The lowest BCUT2D eigenvalue weighted by molar-refractivity contribution is -0.0933. The molecule has 0 bridgehead atoms. The Balaban J connectivity index is 2.53. The van der Waals surface area contributed by atoms with Crippen molar-refractivity contribution in [2.75, 3.05) is 0 Å². The summed E-state index contributed by atoms with van der Waals surface area (Å²) < 4.78 is 39.0. The van der Waals surface area contributed by atoms with E-state index in [9.17, 15) is 13.2 Å².